The molecular formula is C22H21N3O. The molecule has 1 fully saturated rings. The lowest BCUT2D eigenvalue weighted by Gasteiger charge is -2.28. The number of nitriles is 3. The quantitative estimate of drug-likeness (QED) is 0.698. The molecule has 1 unspecified atom stereocenters. The van der Waals surface area contributed by atoms with Crippen LogP contribution in [0.2, 0.25) is 0 Å². The molecule has 0 spiro atoms. The van der Waals surface area contributed by atoms with E-state index in [4.69, 9.17) is 15.3 Å². The molecule has 1 heterocycles. The Hall–Kier alpha value is -3.03. The Labute approximate surface area is 154 Å². The summed E-state index contributed by atoms with van der Waals surface area (Å²) in [6.07, 6.45) is 6.40. The smallest absolute Gasteiger partial charge is 0.172 e. The van der Waals surface area contributed by atoms with Gasteiger partial charge in [-0.15, -0.1) is 0 Å². The molecule has 0 saturated heterocycles. The van der Waals surface area contributed by atoms with Crippen molar-refractivity contribution in [3.8, 4) is 18.2 Å². The molecule has 1 aliphatic carbocycles. The number of benzene rings is 1. The van der Waals surface area contributed by atoms with Gasteiger partial charge in [-0.25, -0.2) is 0 Å². The molecule has 26 heavy (non-hydrogen) atoms. The molecular weight excluding hydrogens is 322 g/mol. The predicted molar refractivity (Wildman–Crippen MR) is 97.3 cm³/mol. The van der Waals surface area contributed by atoms with Crippen molar-refractivity contribution in [2.45, 2.75) is 57.5 Å². The predicted octanol–water partition coefficient (Wildman–Crippen LogP) is 5.12. The van der Waals surface area contributed by atoms with Crippen LogP contribution in [0.3, 0.4) is 0 Å². The van der Waals surface area contributed by atoms with E-state index >= 15 is 0 Å². The highest BCUT2D eigenvalue weighted by Gasteiger charge is 2.42. The monoisotopic (exact) mass is 343 g/mol. The zero-order chi connectivity index (χ0) is 18.7. The molecule has 2 aliphatic rings. The largest absolute Gasteiger partial charge is 0.475 e. The first kappa shape index (κ1) is 17.8. The molecule has 1 aromatic carbocycles. The molecule has 0 amide bonds. The van der Waals surface area contributed by atoms with Crippen LogP contribution in [0, 0.1) is 34.0 Å². The van der Waals surface area contributed by atoms with Gasteiger partial charge >= 0.3 is 0 Å². The summed E-state index contributed by atoms with van der Waals surface area (Å²) >= 11 is 0. The van der Waals surface area contributed by atoms with Crippen molar-refractivity contribution in [1.29, 1.82) is 15.8 Å². The summed E-state index contributed by atoms with van der Waals surface area (Å²) in [6.45, 7) is 3.71. The van der Waals surface area contributed by atoms with Crippen molar-refractivity contribution in [3.05, 3.63) is 57.9 Å². The number of nitrogens with zero attached hydrogens (tertiary/aromatic N) is 3. The van der Waals surface area contributed by atoms with Crippen molar-refractivity contribution in [1.82, 2.24) is 0 Å². The van der Waals surface area contributed by atoms with Gasteiger partial charge in [0.1, 0.15) is 18.2 Å². The molecule has 0 radical (unpaired) electrons. The van der Waals surface area contributed by atoms with Gasteiger partial charge in [-0.05, 0) is 49.3 Å². The zero-order valence-corrected chi connectivity index (χ0v) is 15.2. The van der Waals surface area contributed by atoms with Crippen molar-refractivity contribution >= 4 is 0 Å². The fraction of sp³-hybridized carbons (Fsp3) is 0.409. The van der Waals surface area contributed by atoms with Gasteiger partial charge in [-0.2, -0.15) is 15.8 Å². The van der Waals surface area contributed by atoms with Crippen molar-refractivity contribution in [2.75, 3.05) is 0 Å². The van der Waals surface area contributed by atoms with Gasteiger partial charge in [0.15, 0.2) is 16.9 Å². The Kier molecular flexibility index (Phi) is 4.83. The van der Waals surface area contributed by atoms with Gasteiger partial charge in [-0.3, -0.25) is 0 Å². The van der Waals surface area contributed by atoms with Gasteiger partial charge in [0.2, 0.25) is 0 Å². The summed E-state index contributed by atoms with van der Waals surface area (Å²) in [5, 5.41) is 27.8. The molecule has 0 N–H and O–H groups in total. The Bertz CT molecular complexity index is 881. The van der Waals surface area contributed by atoms with E-state index in [-0.39, 0.29) is 16.9 Å². The number of allylic oxidation sites excluding steroid dienone is 2. The molecule has 3 rings (SSSR count). The van der Waals surface area contributed by atoms with Crippen LogP contribution in [0.4, 0.5) is 0 Å². The lowest BCUT2D eigenvalue weighted by atomic mass is 9.82. The second-order valence-electron chi connectivity index (χ2n) is 7.13. The maximum atomic E-state index is 9.50. The summed E-state index contributed by atoms with van der Waals surface area (Å²) in [7, 11) is 0. The Balaban J connectivity index is 1.98. The van der Waals surface area contributed by atoms with E-state index in [1.54, 1.807) is 0 Å². The van der Waals surface area contributed by atoms with Gasteiger partial charge in [0, 0.05) is 0 Å². The molecule has 130 valence electrons. The van der Waals surface area contributed by atoms with E-state index in [2.05, 4.69) is 18.2 Å². The van der Waals surface area contributed by atoms with E-state index in [0.717, 1.165) is 11.1 Å². The molecule has 4 heteroatoms. The fourth-order valence-electron chi connectivity index (χ4n) is 3.96. The van der Waals surface area contributed by atoms with Crippen LogP contribution < -0.4 is 0 Å². The Morgan fingerprint density at radius 1 is 1.04 bits per heavy atom. The minimum atomic E-state index is -0.843. The molecule has 1 aliphatic heterocycles. The summed E-state index contributed by atoms with van der Waals surface area (Å²) in [6, 6.07) is 14.1. The minimum absolute atomic E-state index is 0.0915. The van der Waals surface area contributed by atoms with Crippen molar-refractivity contribution < 1.29 is 4.74 Å². The van der Waals surface area contributed by atoms with E-state index in [0.29, 0.717) is 5.92 Å². The van der Waals surface area contributed by atoms with E-state index < -0.39 is 5.60 Å². The lowest BCUT2D eigenvalue weighted by Crippen LogP contribution is -2.23. The SMILES string of the molecule is CC1=C(C#N)C(=C(C#N)C#N)OC1(C)c1ccc(C2CCCCC2)cc1. The van der Waals surface area contributed by atoms with Crippen molar-refractivity contribution in [3.63, 3.8) is 0 Å². The maximum absolute atomic E-state index is 9.50. The van der Waals surface area contributed by atoms with Crippen LogP contribution in [-0.2, 0) is 10.3 Å². The normalized spacial score (nSPS) is 23.0. The van der Waals surface area contributed by atoms with Gasteiger partial charge in [0.05, 0.1) is 5.57 Å². The van der Waals surface area contributed by atoms with Gasteiger partial charge in [0.25, 0.3) is 0 Å². The first-order chi connectivity index (χ1) is 12.5. The van der Waals surface area contributed by atoms with Gasteiger partial charge < -0.3 is 4.74 Å². The first-order valence-corrected chi connectivity index (χ1v) is 9.01. The number of rotatable bonds is 2. The van der Waals surface area contributed by atoms with E-state index in [1.807, 2.05) is 38.1 Å². The van der Waals surface area contributed by atoms with Crippen molar-refractivity contribution in [2.24, 2.45) is 0 Å². The summed E-state index contributed by atoms with van der Waals surface area (Å²) in [4.78, 5) is 0. The zero-order valence-electron chi connectivity index (χ0n) is 15.2. The van der Waals surface area contributed by atoms with Crippen LogP contribution in [0.25, 0.3) is 0 Å². The topological polar surface area (TPSA) is 80.6 Å². The minimum Gasteiger partial charge on any atom is -0.475 e. The highest BCUT2D eigenvalue weighted by Crippen LogP contribution is 2.46. The number of ether oxygens (including phenoxy) is 1. The van der Waals surface area contributed by atoms with Crippen LogP contribution in [0.1, 0.15) is 63.0 Å². The summed E-state index contributed by atoms with van der Waals surface area (Å²) in [5.74, 6) is 0.717. The average Bonchev–Trinajstić information content (AvgIpc) is 2.95. The highest BCUT2D eigenvalue weighted by atomic mass is 16.5. The third-order valence-corrected chi connectivity index (χ3v) is 5.72. The third-order valence-electron chi connectivity index (χ3n) is 5.72. The second kappa shape index (κ2) is 7.07. The number of hydrogen-bond donors (Lipinski definition) is 0. The molecule has 1 atom stereocenters. The average molecular weight is 343 g/mol. The Morgan fingerprint density at radius 3 is 2.19 bits per heavy atom. The van der Waals surface area contributed by atoms with Crippen LogP contribution in [0.5, 0.6) is 0 Å². The summed E-state index contributed by atoms with van der Waals surface area (Å²) in [5.41, 5.74) is 2.27. The highest BCUT2D eigenvalue weighted by molar-refractivity contribution is 5.58. The van der Waals surface area contributed by atoms with Gasteiger partial charge in [-0.1, -0.05) is 43.5 Å². The third kappa shape index (κ3) is 2.87. The second-order valence-corrected chi connectivity index (χ2v) is 7.13. The summed E-state index contributed by atoms with van der Waals surface area (Å²) < 4.78 is 6.02. The standard InChI is InChI=1S/C22H21N3O/c1-15-20(14-25)21(18(12-23)13-24)26-22(15,2)19-10-8-17(9-11-19)16-6-4-3-5-7-16/h8-11,16H,3-7H2,1-2H3. The molecule has 1 aromatic rings. The fourth-order valence-corrected chi connectivity index (χ4v) is 3.96. The van der Waals surface area contributed by atoms with E-state index in [9.17, 15) is 5.26 Å². The van der Waals surface area contributed by atoms with E-state index in [1.165, 1.54) is 37.7 Å². The Morgan fingerprint density at radius 2 is 1.65 bits per heavy atom. The first-order valence-electron chi connectivity index (χ1n) is 9.01. The lowest BCUT2D eigenvalue weighted by molar-refractivity contribution is 0.0728. The molecule has 1 saturated carbocycles. The van der Waals surface area contributed by atoms with Crippen LogP contribution in [-0.4, -0.2) is 0 Å². The molecule has 0 bridgehead atoms. The molecule has 4 nitrogen and oxygen atoms in total. The van der Waals surface area contributed by atoms with Crippen LogP contribution >= 0.6 is 0 Å². The number of hydrogen-bond acceptors (Lipinski definition) is 4. The molecule has 0 aromatic heterocycles. The van der Waals surface area contributed by atoms with Crippen LogP contribution in [0.15, 0.2) is 46.7 Å². The maximum Gasteiger partial charge on any atom is 0.172 e.